The number of nitrogens with zero attached hydrogens (tertiary/aromatic N) is 2. The van der Waals surface area contributed by atoms with Crippen molar-refractivity contribution in [3.63, 3.8) is 0 Å². The third-order valence-corrected chi connectivity index (χ3v) is 2.66. The molecule has 0 radical (unpaired) electrons. The quantitative estimate of drug-likeness (QED) is 0.852. The fraction of sp³-hybridized carbons (Fsp3) is 0.364. The van der Waals surface area contributed by atoms with Crippen molar-refractivity contribution in [1.82, 2.24) is 9.55 Å². The van der Waals surface area contributed by atoms with E-state index in [0.717, 1.165) is 17.6 Å². The molecule has 0 saturated carbocycles. The van der Waals surface area contributed by atoms with Crippen LogP contribution in [0, 0.1) is 0 Å². The first-order chi connectivity index (χ1) is 7.13. The number of benzene rings is 1. The van der Waals surface area contributed by atoms with E-state index in [9.17, 15) is 5.11 Å². The number of aliphatic hydroxyl groups excluding tert-OH is 1. The molecule has 1 N–H and O–H groups in total. The Labute approximate surface area is 93.3 Å². The second kappa shape index (κ2) is 3.83. The third-order valence-electron chi connectivity index (χ3n) is 2.43. The van der Waals surface area contributed by atoms with Crippen LogP contribution in [0.2, 0.25) is 5.02 Å². The van der Waals surface area contributed by atoms with Crippen molar-refractivity contribution in [2.24, 2.45) is 0 Å². The first-order valence-corrected chi connectivity index (χ1v) is 5.35. The van der Waals surface area contributed by atoms with Gasteiger partial charge in [0.1, 0.15) is 11.9 Å². The normalized spacial score (nSPS) is 13.3. The van der Waals surface area contributed by atoms with Crippen LogP contribution in [0.15, 0.2) is 18.2 Å². The van der Waals surface area contributed by atoms with E-state index in [2.05, 4.69) is 4.98 Å². The van der Waals surface area contributed by atoms with Gasteiger partial charge < -0.3 is 9.67 Å². The van der Waals surface area contributed by atoms with Crippen LogP contribution in [-0.2, 0) is 6.54 Å². The van der Waals surface area contributed by atoms with Crippen molar-refractivity contribution < 1.29 is 5.11 Å². The molecule has 0 fully saturated rings. The minimum atomic E-state index is -0.559. The SMILES string of the molecule is CCn1c([C@H](C)O)nc2cc(Cl)ccc21. The fourth-order valence-electron chi connectivity index (χ4n) is 1.77. The van der Waals surface area contributed by atoms with Gasteiger partial charge in [0.05, 0.1) is 11.0 Å². The lowest BCUT2D eigenvalue weighted by atomic mass is 10.3. The smallest absolute Gasteiger partial charge is 0.138 e. The number of hydrogen-bond donors (Lipinski definition) is 1. The van der Waals surface area contributed by atoms with E-state index < -0.39 is 6.10 Å². The molecule has 15 heavy (non-hydrogen) atoms. The number of fused-ring (bicyclic) bond motifs is 1. The number of aliphatic hydroxyl groups is 1. The first kappa shape index (κ1) is 10.5. The molecule has 1 aromatic carbocycles. The highest BCUT2D eigenvalue weighted by Gasteiger charge is 2.13. The zero-order valence-electron chi connectivity index (χ0n) is 8.74. The Morgan fingerprint density at radius 1 is 1.53 bits per heavy atom. The van der Waals surface area contributed by atoms with E-state index >= 15 is 0 Å². The van der Waals surface area contributed by atoms with Gasteiger partial charge in [-0.15, -0.1) is 0 Å². The summed E-state index contributed by atoms with van der Waals surface area (Å²) in [5.41, 5.74) is 1.85. The van der Waals surface area contributed by atoms with E-state index in [1.807, 2.05) is 29.7 Å². The maximum absolute atomic E-state index is 9.59. The Bertz CT molecular complexity index is 491. The van der Waals surface area contributed by atoms with E-state index in [-0.39, 0.29) is 0 Å². The van der Waals surface area contributed by atoms with Gasteiger partial charge in [-0.2, -0.15) is 0 Å². The summed E-state index contributed by atoms with van der Waals surface area (Å²) >= 11 is 5.89. The maximum atomic E-state index is 9.59. The molecule has 4 heteroatoms. The Hall–Kier alpha value is -1.06. The van der Waals surface area contributed by atoms with Gasteiger partial charge in [-0.05, 0) is 32.0 Å². The van der Waals surface area contributed by atoms with E-state index in [4.69, 9.17) is 11.6 Å². The minimum absolute atomic E-state index is 0.559. The molecule has 1 heterocycles. The van der Waals surface area contributed by atoms with Gasteiger partial charge >= 0.3 is 0 Å². The van der Waals surface area contributed by atoms with Crippen molar-refractivity contribution in [2.75, 3.05) is 0 Å². The number of aryl methyl sites for hydroxylation is 1. The first-order valence-electron chi connectivity index (χ1n) is 4.97. The summed E-state index contributed by atoms with van der Waals surface area (Å²) in [6.45, 7) is 4.54. The summed E-state index contributed by atoms with van der Waals surface area (Å²) in [6, 6.07) is 5.58. The topological polar surface area (TPSA) is 38.0 Å². The predicted octanol–water partition coefficient (Wildman–Crippen LogP) is 2.76. The summed E-state index contributed by atoms with van der Waals surface area (Å²) in [6.07, 6.45) is -0.559. The molecule has 0 unspecified atom stereocenters. The van der Waals surface area contributed by atoms with Crippen molar-refractivity contribution in [2.45, 2.75) is 26.5 Å². The molecule has 3 nitrogen and oxygen atoms in total. The highest BCUT2D eigenvalue weighted by molar-refractivity contribution is 6.31. The van der Waals surface area contributed by atoms with Crippen LogP contribution in [0.4, 0.5) is 0 Å². The molecular weight excluding hydrogens is 212 g/mol. The van der Waals surface area contributed by atoms with Crippen LogP contribution in [0.3, 0.4) is 0 Å². The lowest BCUT2D eigenvalue weighted by Gasteiger charge is -2.07. The van der Waals surface area contributed by atoms with Crippen LogP contribution in [-0.4, -0.2) is 14.7 Å². The Kier molecular flexibility index (Phi) is 2.67. The molecule has 0 aliphatic carbocycles. The summed E-state index contributed by atoms with van der Waals surface area (Å²) in [7, 11) is 0. The van der Waals surface area contributed by atoms with Crippen molar-refractivity contribution in [3.05, 3.63) is 29.0 Å². The van der Waals surface area contributed by atoms with Crippen molar-refractivity contribution >= 4 is 22.6 Å². The number of rotatable bonds is 2. The second-order valence-corrected chi connectivity index (χ2v) is 3.96. The number of halogens is 1. The Morgan fingerprint density at radius 3 is 2.87 bits per heavy atom. The lowest BCUT2D eigenvalue weighted by molar-refractivity contribution is 0.184. The summed E-state index contributed by atoms with van der Waals surface area (Å²) < 4.78 is 2.00. The van der Waals surface area contributed by atoms with Crippen LogP contribution in [0.25, 0.3) is 11.0 Å². The number of hydrogen-bond acceptors (Lipinski definition) is 2. The van der Waals surface area contributed by atoms with Crippen LogP contribution in [0.5, 0.6) is 0 Å². The molecule has 1 atom stereocenters. The molecular formula is C11H13ClN2O. The molecule has 2 aromatic rings. The number of aromatic nitrogens is 2. The molecule has 0 aliphatic heterocycles. The second-order valence-electron chi connectivity index (χ2n) is 3.52. The zero-order chi connectivity index (χ0) is 11.0. The molecule has 0 saturated heterocycles. The average molecular weight is 225 g/mol. The third kappa shape index (κ3) is 1.73. The van der Waals surface area contributed by atoms with E-state index in [0.29, 0.717) is 10.8 Å². The monoisotopic (exact) mass is 224 g/mol. The van der Waals surface area contributed by atoms with Gasteiger partial charge in [0, 0.05) is 11.6 Å². The van der Waals surface area contributed by atoms with E-state index in [1.54, 1.807) is 6.92 Å². The number of imidazole rings is 1. The van der Waals surface area contributed by atoms with Gasteiger partial charge in [0.25, 0.3) is 0 Å². The van der Waals surface area contributed by atoms with Crippen molar-refractivity contribution in [1.29, 1.82) is 0 Å². The minimum Gasteiger partial charge on any atom is -0.385 e. The molecule has 0 amide bonds. The Morgan fingerprint density at radius 2 is 2.27 bits per heavy atom. The standard InChI is InChI=1S/C11H13ClN2O/c1-3-14-10-5-4-8(12)6-9(10)13-11(14)7(2)15/h4-7,15H,3H2,1-2H3/t7-/m0/s1. The average Bonchev–Trinajstić information content (AvgIpc) is 2.55. The van der Waals surface area contributed by atoms with Gasteiger partial charge in [-0.1, -0.05) is 11.6 Å². The lowest BCUT2D eigenvalue weighted by Crippen LogP contribution is -2.04. The summed E-state index contributed by atoms with van der Waals surface area (Å²) in [5, 5.41) is 10.3. The highest BCUT2D eigenvalue weighted by Crippen LogP contribution is 2.23. The molecule has 0 spiro atoms. The largest absolute Gasteiger partial charge is 0.385 e. The van der Waals surface area contributed by atoms with Gasteiger partial charge in [0.15, 0.2) is 0 Å². The highest BCUT2D eigenvalue weighted by atomic mass is 35.5. The molecule has 0 bridgehead atoms. The van der Waals surface area contributed by atoms with Crippen LogP contribution in [0.1, 0.15) is 25.8 Å². The van der Waals surface area contributed by atoms with Crippen LogP contribution >= 0.6 is 11.6 Å². The van der Waals surface area contributed by atoms with E-state index in [1.165, 1.54) is 0 Å². The fourth-order valence-corrected chi connectivity index (χ4v) is 1.94. The van der Waals surface area contributed by atoms with Gasteiger partial charge in [0.2, 0.25) is 0 Å². The molecule has 1 aromatic heterocycles. The van der Waals surface area contributed by atoms with Crippen molar-refractivity contribution in [3.8, 4) is 0 Å². The maximum Gasteiger partial charge on any atom is 0.138 e. The Balaban J connectivity index is 2.73. The molecule has 2 rings (SSSR count). The molecule has 0 aliphatic rings. The summed E-state index contributed by atoms with van der Waals surface area (Å²) in [5.74, 6) is 0.690. The molecule has 80 valence electrons. The van der Waals surface area contributed by atoms with Gasteiger partial charge in [-0.25, -0.2) is 4.98 Å². The zero-order valence-corrected chi connectivity index (χ0v) is 9.49. The predicted molar refractivity (Wildman–Crippen MR) is 61.1 cm³/mol. The van der Waals surface area contributed by atoms with Crippen LogP contribution < -0.4 is 0 Å². The summed E-state index contributed by atoms with van der Waals surface area (Å²) in [4.78, 5) is 4.37. The van der Waals surface area contributed by atoms with Gasteiger partial charge in [-0.3, -0.25) is 0 Å².